The average Bonchev–Trinajstić information content (AvgIpc) is 2.88. The molecular weight excluding hydrogens is 226 g/mol. The van der Waals surface area contributed by atoms with Crippen LogP contribution in [0.25, 0.3) is 0 Å². The van der Waals surface area contributed by atoms with Crippen LogP contribution in [0.2, 0.25) is 0 Å². The van der Waals surface area contributed by atoms with E-state index in [0.29, 0.717) is 0 Å². The second-order valence-electron chi connectivity index (χ2n) is 3.56. The van der Waals surface area contributed by atoms with E-state index >= 15 is 0 Å². The Bertz CT molecular complexity index is 390. The van der Waals surface area contributed by atoms with Crippen LogP contribution in [0.15, 0.2) is 18.5 Å². The molecule has 7 heteroatoms. The molecule has 1 N–H and O–H groups in total. The number of nitrogens with one attached hydrogen (secondary N) is 1. The lowest BCUT2D eigenvalue weighted by Crippen LogP contribution is -2.49. The molecule has 17 heavy (non-hydrogen) atoms. The maximum atomic E-state index is 11.8. The number of hydrogen-bond acceptors (Lipinski definition) is 5. The highest BCUT2D eigenvalue weighted by atomic mass is 16.5. The van der Waals surface area contributed by atoms with Crippen molar-refractivity contribution in [2.45, 2.75) is 12.5 Å². The maximum absolute atomic E-state index is 11.8. The Morgan fingerprint density at radius 3 is 2.59 bits per heavy atom. The summed E-state index contributed by atoms with van der Waals surface area (Å²) in [6.45, 7) is 1.63. The molecule has 0 saturated heterocycles. The molecule has 0 radical (unpaired) electrons. The lowest BCUT2D eigenvalue weighted by molar-refractivity contribution is -0.150. The summed E-state index contributed by atoms with van der Waals surface area (Å²) in [6.07, 6.45) is 2.54. The summed E-state index contributed by atoms with van der Waals surface area (Å²) in [5.41, 5.74) is -1.10. The molecule has 0 spiro atoms. The summed E-state index contributed by atoms with van der Waals surface area (Å²) in [7, 11) is 2.53. The van der Waals surface area contributed by atoms with Gasteiger partial charge < -0.3 is 14.8 Å². The van der Waals surface area contributed by atoms with E-state index in [1.54, 1.807) is 25.4 Å². The van der Waals surface area contributed by atoms with Crippen molar-refractivity contribution in [2.24, 2.45) is 0 Å². The second-order valence-corrected chi connectivity index (χ2v) is 3.56. The van der Waals surface area contributed by atoms with Gasteiger partial charge in [-0.2, -0.15) is 5.10 Å². The summed E-state index contributed by atoms with van der Waals surface area (Å²) < 4.78 is 10.6. The van der Waals surface area contributed by atoms with Gasteiger partial charge in [0.25, 0.3) is 0 Å². The molecule has 0 aliphatic rings. The first-order valence-corrected chi connectivity index (χ1v) is 4.95. The van der Waals surface area contributed by atoms with Crippen LogP contribution >= 0.6 is 0 Å². The molecule has 0 saturated carbocycles. The molecule has 1 aromatic heterocycles. The molecular formula is C10H15N3O4. The summed E-state index contributed by atoms with van der Waals surface area (Å²) in [6, 6.07) is 1.68. The van der Waals surface area contributed by atoms with Crippen molar-refractivity contribution in [1.82, 2.24) is 15.1 Å². The smallest absolute Gasteiger partial charge is 0.406 e. The minimum Gasteiger partial charge on any atom is -0.467 e. The summed E-state index contributed by atoms with van der Waals surface area (Å²) in [4.78, 5) is 22.8. The largest absolute Gasteiger partial charge is 0.467 e. The van der Waals surface area contributed by atoms with Crippen molar-refractivity contribution in [3.63, 3.8) is 0 Å². The zero-order chi connectivity index (χ0) is 12.9. The highest BCUT2D eigenvalue weighted by molar-refractivity contribution is 5.79. The standard InChI is InChI=1S/C10H15N3O4/c1-10(8(14)16-2,7-11-9(15)17-3)13-6-4-5-12-13/h4-6H,7H2,1-3H3,(H,11,15)/t10-/m0/s1. The topological polar surface area (TPSA) is 82.5 Å². The number of hydrogen-bond donors (Lipinski definition) is 1. The van der Waals surface area contributed by atoms with E-state index in [2.05, 4.69) is 15.2 Å². The number of esters is 1. The highest BCUT2D eigenvalue weighted by Gasteiger charge is 2.37. The highest BCUT2D eigenvalue weighted by Crippen LogP contribution is 2.15. The van der Waals surface area contributed by atoms with Gasteiger partial charge in [-0.15, -0.1) is 0 Å². The van der Waals surface area contributed by atoms with Gasteiger partial charge in [-0.25, -0.2) is 9.59 Å². The van der Waals surface area contributed by atoms with Crippen LogP contribution in [0.5, 0.6) is 0 Å². The SMILES string of the molecule is COC(=O)NC[C@@](C)(C(=O)OC)n1cccn1. The molecule has 7 nitrogen and oxygen atoms in total. The number of rotatable bonds is 4. The van der Waals surface area contributed by atoms with Crippen LogP contribution < -0.4 is 5.32 Å². The number of nitrogens with zero attached hydrogens (tertiary/aromatic N) is 2. The number of carbonyl (C=O) groups is 2. The van der Waals surface area contributed by atoms with Crippen LogP contribution in [-0.2, 0) is 19.8 Å². The fraction of sp³-hybridized carbons (Fsp3) is 0.500. The van der Waals surface area contributed by atoms with E-state index in [1.165, 1.54) is 18.9 Å². The van der Waals surface area contributed by atoms with Crippen molar-refractivity contribution in [3.05, 3.63) is 18.5 Å². The fourth-order valence-electron chi connectivity index (χ4n) is 1.34. The van der Waals surface area contributed by atoms with Crippen molar-refractivity contribution in [2.75, 3.05) is 20.8 Å². The van der Waals surface area contributed by atoms with Crippen LogP contribution in [0.4, 0.5) is 4.79 Å². The molecule has 1 amide bonds. The lowest BCUT2D eigenvalue weighted by Gasteiger charge is -2.27. The van der Waals surface area contributed by atoms with E-state index < -0.39 is 17.6 Å². The molecule has 0 aliphatic heterocycles. The van der Waals surface area contributed by atoms with Gasteiger partial charge >= 0.3 is 12.1 Å². The first-order valence-electron chi connectivity index (χ1n) is 4.95. The molecule has 94 valence electrons. The molecule has 0 fully saturated rings. The van der Waals surface area contributed by atoms with E-state index in [1.807, 2.05) is 0 Å². The van der Waals surface area contributed by atoms with Gasteiger partial charge in [-0.05, 0) is 13.0 Å². The fourth-order valence-corrected chi connectivity index (χ4v) is 1.34. The minimum absolute atomic E-state index is 0.0219. The summed E-state index contributed by atoms with van der Waals surface area (Å²) in [5, 5.41) is 6.44. The predicted molar refractivity (Wildman–Crippen MR) is 58.3 cm³/mol. The molecule has 1 heterocycles. The summed E-state index contributed by atoms with van der Waals surface area (Å²) >= 11 is 0. The molecule has 1 atom stereocenters. The number of carbonyl (C=O) groups excluding carboxylic acids is 2. The number of aromatic nitrogens is 2. The third-order valence-corrected chi connectivity index (χ3v) is 2.40. The first kappa shape index (κ1) is 13.0. The molecule has 1 rings (SSSR count). The van der Waals surface area contributed by atoms with Gasteiger partial charge in [0.15, 0.2) is 5.54 Å². The minimum atomic E-state index is -1.10. The normalized spacial score (nSPS) is 13.6. The van der Waals surface area contributed by atoms with Gasteiger partial charge in [0, 0.05) is 12.4 Å². The molecule has 0 unspecified atom stereocenters. The molecule has 1 aromatic rings. The first-order chi connectivity index (χ1) is 8.04. The van der Waals surface area contributed by atoms with Crippen LogP contribution in [0.1, 0.15) is 6.92 Å². The second kappa shape index (κ2) is 5.33. The zero-order valence-corrected chi connectivity index (χ0v) is 9.97. The van der Waals surface area contributed by atoms with Gasteiger partial charge in [0.1, 0.15) is 0 Å². The van der Waals surface area contributed by atoms with Crippen LogP contribution in [-0.4, -0.2) is 42.6 Å². The molecule has 0 aromatic carbocycles. The Labute approximate surface area is 98.7 Å². The summed E-state index contributed by atoms with van der Waals surface area (Å²) in [5.74, 6) is -0.502. The molecule has 0 aliphatic carbocycles. The van der Waals surface area contributed by atoms with Crippen molar-refractivity contribution in [3.8, 4) is 0 Å². The maximum Gasteiger partial charge on any atom is 0.406 e. The predicted octanol–water partition coefficient (Wildman–Crippen LogP) is 0.127. The van der Waals surface area contributed by atoms with Gasteiger partial charge in [-0.1, -0.05) is 0 Å². The third-order valence-electron chi connectivity index (χ3n) is 2.40. The number of methoxy groups -OCH3 is 2. The van der Waals surface area contributed by atoms with Gasteiger partial charge in [0.2, 0.25) is 0 Å². The number of amides is 1. The van der Waals surface area contributed by atoms with E-state index in [4.69, 9.17) is 4.74 Å². The quantitative estimate of drug-likeness (QED) is 0.757. The van der Waals surface area contributed by atoms with Crippen molar-refractivity contribution >= 4 is 12.1 Å². The van der Waals surface area contributed by atoms with E-state index in [-0.39, 0.29) is 6.54 Å². The van der Waals surface area contributed by atoms with E-state index in [0.717, 1.165) is 0 Å². The Morgan fingerprint density at radius 2 is 2.12 bits per heavy atom. The Morgan fingerprint density at radius 1 is 1.41 bits per heavy atom. The zero-order valence-electron chi connectivity index (χ0n) is 9.97. The van der Waals surface area contributed by atoms with Crippen LogP contribution in [0, 0.1) is 0 Å². The Kier molecular flexibility index (Phi) is 4.08. The molecule has 0 bridgehead atoms. The monoisotopic (exact) mass is 241 g/mol. The Balaban J connectivity index is 2.87. The number of alkyl carbamates (subject to hydrolysis) is 1. The van der Waals surface area contributed by atoms with E-state index in [9.17, 15) is 9.59 Å². The average molecular weight is 241 g/mol. The van der Waals surface area contributed by atoms with Gasteiger partial charge in [-0.3, -0.25) is 4.68 Å². The lowest BCUT2D eigenvalue weighted by atomic mass is 10.0. The third kappa shape index (κ3) is 2.74. The Hall–Kier alpha value is -2.05. The number of ether oxygens (including phenoxy) is 2. The van der Waals surface area contributed by atoms with Crippen LogP contribution in [0.3, 0.4) is 0 Å². The van der Waals surface area contributed by atoms with Crippen molar-refractivity contribution in [1.29, 1.82) is 0 Å². The van der Waals surface area contributed by atoms with Crippen molar-refractivity contribution < 1.29 is 19.1 Å². The van der Waals surface area contributed by atoms with Gasteiger partial charge in [0.05, 0.1) is 20.8 Å².